The molecule has 25 heavy (non-hydrogen) atoms. The minimum atomic E-state index is -0.190. The van der Waals surface area contributed by atoms with Gasteiger partial charge in [0.05, 0.1) is 7.11 Å². The van der Waals surface area contributed by atoms with Crippen molar-refractivity contribution in [2.45, 2.75) is 19.8 Å². The van der Waals surface area contributed by atoms with E-state index in [4.69, 9.17) is 4.74 Å². The van der Waals surface area contributed by atoms with Gasteiger partial charge in [0.15, 0.2) is 0 Å². The Labute approximate surface area is 147 Å². The lowest BCUT2D eigenvalue weighted by atomic mass is 10.1. The van der Waals surface area contributed by atoms with E-state index in [1.807, 2.05) is 11.8 Å². The first-order valence-electron chi connectivity index (χ1n) is 8.44. The molecule has 0 saturated carbocycles. The maximum atomic E-state index is 12.4. The number of nitrogens with zero attached hydrogens (tertiary/aromatic N) is 1. The highest BCUT2D eigenvalue weighted by atomic mass is 16.5. The standard InChI is InChI=1S/C20H22N2O3/c1-14-13-16(7-10-18(14)25-2)19(23)21-17-8-5-15(6-9-17)20(24)22-11-3-4-12-22/h5-10,13H,3-4,11-12H2,1-2H3,(H,21,23). The van der Waals surface area contributed by atoms with Crippen LogP contribution in [-0.4, -0.2) is 36.9 Å². The molecular weight excluding hydrogens is 316 g/mol. The lowest BCUT2D eigenvalue weighted by Gasteiger charge is -2.15. The van der Waals surface area contributed by atoms with E-state index in [-0.39, 0.29) is 11.8 Å². The predicted octanol–water partition coefficient (Wildman–Crippen LogP) is 3.49. The van der Waals surface area contributed by atoms with Crippen LogP contribution in [0.2, 0.25) is 0 Å². The highest BCUT2D eigenvalue weighted by Gasteiger charge is 2.19. The smallest absolute Gasteiger partial charge is 0.255 e. The molecular formula is C20H22N2O3. The molecule has 0 unspecified atom stereocenters. The molecule has 1 N–H and O–H groups in total. The van der Waals surface area contributed by atoms with Gasteiger partial charge in [0.25, 0.3) is 11.8 Å². The summed E-state index contributed by atoms with van der Waals surface area (Å²) >= 11 is 0. The Morgan fingerprint density at radius 2 is 1.64 bits per heavy atom. The molecule has 130 valence electrons. The second-order valence-corrected chi connectivity index (χ2v) is 6.22. The van der Waals surface area contributed by atoms with Crippen LogP contribution in [0.25, 0.3) is 0 Å². The summed E-state index contributed by atoms with van der Waals surface area (Å²) in [7, 11) is 1.60. The third-order valence-corrected chi connectivity index (χ3v) is 4.44. The summed E-state index contributed by atoms with van der Waals surface area (Å²) in [4.78, 5) is 26.6. The van der Waals surface area contributed by atoms with Gasteiger partial charge in [-0.25, -0.2) is 0 Å². The van der Waals surface area contributed by atoms with Crippen molar-refractivity contribution in [1.82, 2.24) is 4.90 Å². The van der Waals surface area contributed by atoms with Crippen LogP contribution in [0.15, 0.2) is 42.5 Å². The van der Waals surface area contributed by atoms with Crippen molar-refractivity contribution in [1.29, 1.82) is 0 Å². The third kappa shape index (κ3) is 3.82. The first-order valence-corrected chi connectivity index (χ1v) is 8.44. The van der Waals surface area contributed by atoms with Gasteiger partial charge in [0.1, 0.15) is 5.75 Å². The number of benzene rings is 2. The molecule has 0 radical (unpaired) electrons. The number of amides is 2. The van der Waals surface area contributed by atoms with E-state index < -0.39 is 0 Å². The zero-order valence-corrected chi connectivity index (χ0v) is 14.5. The van der Waals surface area contributed by atoms with Crippen LogP contribution in [0.1, 0.15) is 39.1 Å². The summed E-state index contributed by atoms with van der Waals surface area (Å²) in [5, 5.41) is 2.85. The van der Waals surface area contributed by atoms with Crippen molar-refractivity contribution in [2.24, 2.45) is 0 Å². The van der Waals surface area contributed by atoms with E-state index in [1.54, 1.807) is 49.6 Å². The molecule has 1 aliphatic heterocycles. The van der Waals surface area contributed by atoms with E-state index in [1.165, 1.54) is 0 Å². The number of rotatable bonds is 4. The van der Waals surface area contributed by atoms with E-state index in [2.05, 4.69) is 5.32 Å². The monoisotopic (exact) mass is 338 g/mol. The highest BCUT2D eigenvalue weighted by Crippen LogP contribution is 2.20. The van der Waals surface area contributed by atoms with Gasteiger partial charge >= 0.3 is 0 Å². The number of methoxy groups -OCH3 is 1. The normalized spacial score (nSPS) is 13.6. The number of anilines is 1. The Balaban J connectivity index is 1.67. The second-order valence-electron chi connectivity index (χ2n) is 6.22. The van der Waals surface area contributed by atoms with Gasteiger partial charge in [0, 0.05) is 29.9 Å². The molecule has 0 spiro atoms. The zero-order valence-electron chi connectivity index (χ0n) is 14.5. The first-order chi connectivity index (χ1) is 12.1. The van der Waals surface area contributed by atoms with Crippen molar-refractivity contribution in [3.8, 4) is 5.75 Å². The summed E-state index contributed by atoms with van der Waals surface area (Å²) in [5.41, 5.74) is 2.79. The molecule has 2 amide bonds. The van der Waals surface area contributed by atoms with Gasteiger partial charge in [0.2, 0.25) is 0 Å². The maximum absolute atomic E-state index is 12.4. The van der Waals surface area contributed by atoms with Gasteiger partial charge in [-0.05, 0) is 67.8 Å². The van der Waals surface area contributed by atoms with Crippen molar-refractivity contribution in [2.75, 3.05) is 25.5 Å². The molecule has 1 saturated heterocycles. The van der Waals surface area contributed by atoms with Gasteiger partial charge in [-0.3, -0.25) is 9.59 Å². The van der Waals surface area contributed by atoms with Crippen LogP contribution in [-0.2, 0) is 0 Å². The van der Waals surface area contributed by atoms with Crippen LogP contribution < -0.4 is 10.1 Å². The molecule has 0 atom stereocenters. The summed E-state index contributed by atoms with van der Waals surface area (Å²) in [6.07, 6.45) is 2.14. The molecule has 5 heteroatoms. The van der Waals surface area contributed by atoms with E-state index >= 15 is 0 Å². The van der Waals surface area contributed by atoms with E-state index in [0.29, 0.717) is 16.8 Å². The Hall–Kier alpha value is -2.82. The number of aryl methyl sites for hydroxylation is 1. The van der Waals surface area contributed by atoms with Crippen LogP contribution in [0.4, 0.5) is 5.69 Å². The van der Waals surface area contributed by atoms with Crippen LogP contribution >= 0.6 is 0 Å². The Bertz CT molecular complexity index is 778. The number of carbonyl (C=O) groups excluding carboxylic acids is 2. The summed E-state index contributed by atoms with van der Waals surface area (Å²) in [6, 6.07) is 12.3. The van der Waals surface area contributed by atoms with Gasteiger partial charge in [-0.15, -0.1) is 0 Å². The maximum Gasteiger partial charge on any atom is 0.255 e. The summed E-state index contributed by atoms with van der Waals surface area (Å²) in [6.45, 7) is 3.55. The number of hydrogen-bond acceptors (Lipinski definition) is 3. The SMILES string of the molecule is COc1ccc(C(=O)Nc2ccc(C(=O)N3CCCC3)cc2)cc1C. The lowest BCUT2D eigenvalue weighted by Crippen LogP contribution is -2.27. The highest BCUT2D eigenvalue weighted by molar-refractivity contribution is 6.04. The molecule has 1 heterocycles. The molecule has 1 fully saturated rings. The summed E-state index contributed by atoms with van der Waals surface area (Å²) in [5.74, 6) is 0.617. The molecule has 3 rings (SSSR count). The number of ether oxygens (including phenoxy) is 1. The number of nitrogens with one attached hydrogen (secondary N) is 1. The predicted molar refractivity (Wildman–Crippen MR) is 97.3 cm³/mol. The number of likely N-dealkylation sites (tertiary alicyclic amines) is 1. The minimum Gasteiger partial charge on any atom is -0.496 e. The Morgan fingerprint density at radius 1 is 1.00 bits per heavy atom. The third-order valence-electron chi connectivity index (χ3n) is 4.44. The van der Waals surface area contributed by atoms with E-state index in [9.17, 15) is 9.59 Å². The van der Waals surface area contributed by atoms with Crippen LogP contribution in [0.3, 0.4) is 0 Å². The van der Waals surface area contributed by atoms with Crippen molar-refractivity contribution >= 4 is 17.5 Å². The Morgan fingerprint density at radius 3 is 2.24 bits per heavy atom. The van der Waals surface area contributed by atoms with Gasteiger partial charge < -0.3 is 15.0 Å². The average molecular weight is 338 g/mol. The van der Waals surface area contributed by atoms with Crippen molar-refractivity contribution in [3.05, 3.63) is 59.2 Å². The topological polar surface area (TPSA) is 58.6 Å². The summed E-state index contributed by atoms with van der Waals surface area (Å²) < 4.78 is 5.21. The molecule has 1 aliphatic rings. The quantitative estimate of drug-likeness (QED) is 0.928. The van der Waals surface area contributed by atoms with Crippen LogP contribution in [0, 0.1) is 6.92 Å². The fourth-order valence-electron chi connectivity index (χ4n) is 3.02. The molecule has 5 nitrogen and oxygen atoms in total. The average Bonchev–Trinajstić information content (AvgIpc) is 3.16. The second kappa shape index (κ2) is 7.38. The minimum absolute atomic E-state index is 0.0566. The Kier molecular flexibility index (Phi) is 5.03. The van der Waals surface area contributed by atoms with Gasteiger partial charge in [-0.2, -0.15) is 0 Å². The number of carbonyl (C=O) groups is 2. The molecule has 0 aliphatic carbocycles. The largest absolute Gasteiger partial charge is 0.496 e. The number of hydrogen-bond donors (Lipinski definition) is 1. The van der Waals surface area contributed by atoms with Crippen LogP contribution in [0.5, 0.6) is 5.75 Å². The lowest BCUT2D eigenvalue weighted by molar-refractivity contribution is 0.0792. The first kappa shape index (κ1) is 17.0. The zero-order chi connectivity index (χ0) is 17.8. The molecule has 0 bridgehead atoms. The molecule has 2 aromatic carbocycles. The molecule has 2 aromatic rings. The van der Waals surface area contributed by atoms with Gasteiger partial charge in [-0.1, -0.05) is 0 Å². The fraction of sp³-hybridized carbons (Fsp3) is 0.300. The fourth-order valence-corrected chi connectivity index (χ4v) is 3.02. The van der Waals surface area contributed by atoms with Crippen molar-refractivity contribution < 1.29 is 14.3 Å². The molecule has 0 aromatic heterocycles. The van der Waals surface area contributed by atoms with Crippen molar-refractivity contribution in [3.63, 3.8) is 0 Å². The van der Waals surface area contributed by atoms with E-state index in [0.717, 1.165) is 37.2 Å².